The third-order valence-electron chi connectivity index (χ3n) is 2.07. The summed E-state index contributed by atoms with van der Waals surface area (Å²) in [5, 5.41) is 13.1. The number of ether oxygens (including phenoxy) is 1. The molecule has 0 spiro atoms. The summed E-state index contributed by atoms with van der Waals surface area (Å²) in [6.07, 6.45) is -0.169. The molecule has 1 N–H and O–H groups in total. The van der Waals surface area contributed by atoms with E-state index in [9.17, 15) is 5.11 Å². The highest BCUT2D eigenvalue weighted by atomic mass is 16.5. The molecule has 1 rings (SSSR count). The summed E-state index contributed by atoms with van der Waals surface area (Å²) in [6.45, 7) is 0.295. The molecular formula is C10H13N3O2. The summed E-state index contributed by atoms with van der Waals surface area (Å²) >= 11 is 0. The molecule has 0 aromatic heterocycles. The summed E-state index contributed by atoms with van der Waals surface area (Å²) < 4.78 is 5.00. The van der Waals surface area contributed by atoms with Crippen LogP contribution in [0.4, 0.5) is 0 Å². The lowest BCUT2D eigenvalue weighted by molar-refractivity contribution is 0.170. The number of methoxy groups -OCH3 is 1. The highest BCUT2D eigenvalue weighted by Crippen LogP contribution is 2.19. The molecule has 15 heavy (non-hydrogen) atoms. The summed E-state index contributed by atoms with van der Waals surface area (Å²) in [7, 11) is 1.59. The number of rotatable bonds is 5. The van der Waals surface area contributed by atoms with E-state index in [-0.39, 0.29) is 0 Å². The Morgan fingerprint density at radius 3 is 2.67 bits per heavy atom. The molecule has 1 unspecified atom stereocenters. The Kier molecular flexibility index (Phi) is 4.47. The molecular weight excluding hydrogens is 194 g/mol. The Hall–Kier alpha value is -1.71. The zero-order valence-electron chi connectivity index (χ0n) is 8.50. The van der Waals surface area contributed by atoms with Gasteiger partial charge in [-0.3, -0.25) is 0 Å². The third-order valence-corrected chi connectivity index (χ3v) is 2.07. The van der Waals surface area contributed by atoms with E-state index in [1.807, 2.05) is 0 Å². The summed E-state index contributed by atoms with van der Waals surface area (Å²) in [4.78, 5) is 2.62. The zero-order valence-corrected chi connectivity index (χ0v) is 8.50. The van der Waals surface area contributed by atoms with Gasteiger partial charge in [-0.25, -0.2) is 0 Å². The first-order valence-electron chi connectivity index (χ1n) is 4.61. The van der Waals surface area contributed by atoms with Crippen molar-refractivity contribution in [3.63, 3.8) is 0 Å². The number of aliphatic hydroxyl groups is 1. The van der Waals surface area contributed by atoms with Crippen molar-refractivity contribution in [3.05, 3.63) is 40.3 Å². The van der Waals surface area contributed by atoms with Gasteiger partial charge in [-0.05, 0) is 29.6 Å². The van der Waals surface area contributed by atoms with Crippen molar-refractivity contribution in [2.75, 3.05) is 13.7 Å². The Bertz CT molecular complexity index is 344. The van der Waals surface area contributed by atoms with Crippen molar-refractivity contribution < 1.29 is 9.84 Å². The van der Waals surface area contributed by atoms with E-state index in [1.54, 1.807) is 31.4 Å². The monoisotopic (exact) mass is 207 g/mol. The molecule has 80 valence electrons. The molecule has 0 aliphatic rings. The maximum Gasteiger partial charge on any atom is 0.118 e. The van der Waals surface area contributed by atoms with Crippen LogP contribution in [0, 0.1) is 0 Å². The predicted molar refractivity (Wildman–Crippen MR) is 56.6 cm³/mol. The van der Waals surface area contributed by atoms with Crippen LogP contribution in [0.2, 0.25) is 0 Å². The molecule has 0 aliphatic heterocycles. The fourth-order valence-corrected chi connectivity index (χ4v) is 1.22. The minimum atomic E-state index is -0.596. The minimum absolute atomic E-state index is 0.295. The van der Waals surface area contributed by atoms with Crippen molar-refractivity contribution in [1.82, 2.24) is 0 Å². The third kappa shape index (κ3) is 3.50. The van der Waals surface area contributed by atoms with Crippen LogP contribution in [0.25, 0.3) is 10.4 Å². The first-order chi connectivity index (χ1) is 7.27. The molecule has 0 amide bonds. The van der Waals surface area contributed by atoms with Gasteiger partial charge in [-0.1, -0.05) is 17.2 Å². The van der Waals surface area contributed by atoms with Gasteiger partial charge in [-0.2, -0.15) is 0 Å². The fraction of sp³-hybridized carbons (Fsp3) is 0.400. The van der Waals surface area contributed by atoms with Crippen molar-refractivity contribution in [2.24, 2.45) is 5.11 Å². The number of nitrogens with zero attached hydrogens (tertiary/aromatic N) is 3. The van der Waals surface area contributed by atoms with Crippen LogP contribution in [0.3, 0.4) is 0 Å². The average Bonchev–Trinajstić information content (AvgIpc) is 2.29. The fourth-order valence-electron chi connectivity index (χ4n) is 1.22. The molecule has 0 bridgehead atoms. The van der Waals surface area contributed by atoms with Crippen LogP contribution in [-0.2, 0) is 0 Å². The maximum absolute atomic E-state index is 9.69. The van der Waals surface area contributed by atoms with Gasteiger partial charge in [0.2, 0.25) is 0 Å². The molecule has 0 fully saturated rings. The molecule has 0 aliphatic carbocycles. The molecule has 5 heteroatoms. The van der Waals surface area contributed by atoms with Crippen molar-refractivity contribution in [3.8, 4) is 5.75 Å². The average molecular weight is 207 g/mol. The van der Waals surface area contributed by atoms with Crippen molar-refractivity contribution in [2.45, 2.75) is 12.5 Å². The first kappa shape index (κ1) is 11.4. The molecule has 0 radical (unpaired) electrons. The van der Waals surface area contributed by atoms with Crippen LogP contribution in [-0.4, -0.2) is 18.8 Å². The molecule has 1 aromatic rings. The summed E-state index contributed by atoms with van der Waals surface area (Å²) in [5.41, 5.74) is 8.87. The summed E-state index contributed by atoms with van der Waals surface area (Å²) in [6, 6.07) is 7.15. The largest absolute Gasteiger partial charge is 0.497 e. The van der Waals surface area contributed by atoms with Crippen molar-refractivity contribution >= 4 is 0 Å². The lowest BCUT2D eigenvalue weighted by Gasteiger charge is -2.09. The number of aliphatic hydroxyl groups excluding tert-OH is 1. The topological polar surface area (TPSA) is 78.2 Å². The molecule has 0 saturated heterocycles. The lowest BCUT2D eigenvalue weighted by atomic mass is 10.1. The van der Waals surface area contributed by atoms with Crippen molar-refractivity contribution in [1.29, 1.82) is 0 Å². The second-order valence-corrected chi connectivity index (χ2v) is 3.03. The molecule has 1 atom stereocenters. The van der Waals surface area contributed by atoms with E-state index in [2.05, 4.69) is 10.0 Å². The first-order valence-corrected chi connectivity index (χ1v) is 4.61. The SMILES string of the molecule is COc1ccc(C(O)CCN=[N+]=[N-])cc1. The predicted octanol–water partition coefficient (Wildman–Crippen LogP) is 2.43. The second-order valence-electron chi connectivity index (χ2n) is 3.03. The lowest BCUT2D eigenvalue weighted by Crippen LogP contribution is -1.98. The number of hydrogen-bond donors (Lipinski definition) is 1. The van der Waals surface area contributed by atoms with Gasteiger partial charge in [0.25, 0.3) is 0 Å². The standard InChI is InChI=1S/C10H13N3O2/c1-15-9-4-2-8(3-5-9)10(14)6-7-12-13-11/h2-5,10,14H,6-7H2,1H3. The Morgan fingerprint density at radius 2 is 2.13 bits per heavy atom. The van der Waals surface area contributed by atoms with Gasteiger partial charge in [0, 0.05) is 11.5 Å². The van der Waals surface area contributed by atoms with E-state index in [0.29, 0.717) is 13.0 Å². The van der Waals surface area contributed by atoms with Crippen LogP contribution >= 0.6 is 0 Å². The van der Waals surface area contributed by atoms with Crippen LogP contribution in [0.15, 0.2) is 29.4 Å². The van der Waals surface area contributed by atoms with E-state index in [0.717, 1.165) is 11.3 Å². The minimum Gasteiger partial charge on any atom is -0.497 e. The van der Waals surface area contributed by atoms with Gasteiger partial charge < -0.3 is 9.84 Å². The molecule has 0 saturated carbocycles. The van der Waals surface area contributed by atoms with E-state index < -0.39 is 6.10 Å². The van der Waals surface area contributed by atoms with E-state index >= 15 is 0 Å². The molecule has 1 aromatic carbocycles. The van der Waals surface area contributed by atoms with E-state index in [1.165, 1.54) is 0 Å². The number of hydrogen-bond acceptors (Lipinski definition) is 3. The Labute approximate surface area is 87.9 Å². The zero-order chi connectivity index (χ0) is 11.1. The van der Waals surface area contributed by atoms with E-state index in [4.69, 9.17) is 10.3 Å². The van der Waals surface area contributed by atoms with Crippen LogP contribution < -0.4 is 4.74 Å². The Balaban J connectivity index is 2.57. The molecule has 0 heterocycles. The molecule has 5 nitrogen and oxygen atoms in total. The maximum atomic E-state index is 9.69. The second kappa shape index (κ2) is 5.90. The van der Waals surface area contributed by atoms with Crippen LogP contribution in [0.1, 0.15) is 18.1 Å². The van der Waals surface area contributed by atoms with Gasteiger partial charge in [0.05, 0.1) is 13.2 Å². The number of azide groups is 1. The summed E-state index contributed by atoms with van der Waals surface area (Å²) in [5.74, 6) is 0.751. The normalized spacial score (nSPS) is 11.6. The van der Waals surface area contributed by atoms with Gasteiger partial charge in [0.1, 0.15) is 5.75 Å². The highest BCUT2D eigenvalue weighted by Gasteiger charge is 2.06. The van der Waals surface area contributed by atoms with Gasteiger partial charge >= 0.3 is 0 Å². The Morgan fingerprint density at radius 1 is 1.47 bits per heavy atom. The van der Waals surface area contributed by atoms with Crippen LogP contribution in [0.5, 0.6) is 5.75 Å². The smallest absolute Gasteiger partial charge is 0.118 e. The number of benzene rings is 1. The highest BCUT2D eigenvalue weighted by molar-refractivity contribution is 5.28. The van der Waals surface area contributed by atoms with Gasteiger partial charge in [0.15, 0.2) is 0 Å². The quantitative estimate of drug-likeness (QED) is 0.457. The van der Waals surface area contributed by atoms with Gasteiger partial charge in [-0.15, -0.1) is 0 Å².